The summed E-state index contributed by atoms with van der Waals surface area (Å²) < 4.78 is 27.4. The molecule has 2 N–H and O–H groups in total. The first-order chi connectivity index (χ1) is 8.99. The standard InChI is InChI=1S/C15H22F2N2/c1-19(2)15(10-3-6-12(18)7-4-10)13-9-11(16)5-8-14(13)17/h5,8-10,12,15H,3-4,6-7,18H2,1-2H3. The maximum atomic E-state index is 14.0. The van der Waals surface area contributed by atoms with Crippen molar-refractivity contribution in [2.75, 3.05) is 14.1 Å². The van der Waals surface area contributed by atoms with Crippen molar-refractivity contribution in [2.45, 2.75) is 37.8 Å². The Hall–Kier alpha value is -1.00. The van der Waals surface area contributed by atoms with E-state index < -0.39 is 0 Å². The monoisotopic (exact) mass is 268 g/mol. The molecule has 0 radical (unpaired) electrons. The van der Waals surface area contributed by atoms with Gasteiger partial charge in [-0.2, -0.15) is 0 Å². The molecule has 1 saturated carbocycles. The Labute approximate surface area is 113 Å². The number of benzene rings is 1. The van der Waals surface area contributed by atoms with E-state index in [-0.39, 0.29) is 23.7 Å². The minimum Gasteiger partial charge on any atom is -0.328 e. The van der Waals surface area contributed by atoms with Crippen molar-refractivity contribution in [1.82, 2.24) is 4.90 Å². The van der Waals surface area contributed by atoms with Crippen LogP contribution < -0.4 is 5.73 Å². The lowest BCUT2D eigenvalue weighted by atomic mass is 9.79. The Kier molecular flexibility index (Phi) is 4.53. The maximum Gasteiger partial charge on any atom is 0.128 e. The molecule has 0 amide bonds. The zero-order chi connectivity index (χ0) is 14.0. The lowest BCUT2D eigenvalue weighted by molar-refractivity contribution is 0.160. The van der Waals surface area contributed by atoms with E-state index >= 15 is 0 Å². The number of hydrogen-bond donors (Lipinski definition) is 1. The molecule has 1 aliphatic rings. The Morgan fingerprint density at radius 2 is 1.79 bits per heavy atom. The van der Waals surface area contributed by atoms with Crippen LogP contribution in [-0.2, 0) is 0 Å². The predicted octanol–water partition coefficient (Wildman–Crippen LogP) is 3.09. The molecule has 0 heterocycles. The normalized spacial score (nSPS) is 25.6. The van der Waals surface area contributed by atoms with Crippen molar-refractivity contribution in [3.05, 3.63) is 35.4 Å². The minimum absolute atomic E-state index is 0.0804. The quantitative estimate of drug-likeness (QED) is 0.912. The summed E-state index contributed by atoms with van der Waals surface area (Å²) in [6.07, 6.45) is 3.87. The van der Waals surface area contributed by atoms with Gasteiger partial charge in [-0.05, 0) is 63.9 Å². The fraction of sp³-hybridized carbons (Fsp3) is 0.600. The highest BCUT2D eigenvalue weighted by Gasteiger charge is 2.30. The molecule has 0 spiro atoms. The predicted molar refractivity (Wildman–Crippen MR) is 72.7 cm³/mol. The van der Waals surface area contributed by atoms with Gasteiger partial charge in [-0.25, -0.2) is 8.78 Å². The average Bonchev–Trinajstić information content (AvgIpc) is 2.36. The molecule has 19 heavy (non-hydrogen) atoms. The van der Waals surface area contributed by atoms with Crippen LogP contribution in [0.1, 0.15) is 37.3 Å². The van der Waals surface area contributed by atoms with E-state index in [9.17, 15) is 8.78 Å². The Morgan fingerprint density at radius 1 is 1.16 bits per heavy atom. The van der Waals surface area contributed by atoms with Crippen LogP contribution in [0.25, 0.3) is 0 Å². The van der Waals surface area contributed by atoms with Gasteiger partial charge in [-0.15, -0.1) is 0 Å². The molecule has 2 rings (SSSR count). The molecule has 4 heteroatoms. The second-order valence-corrected chi connectivity index (χ2v) is 5.75. The highest BCUT2D eigenvalue weighted by molar-refractivity contribution is 5.23. The minimum atomic E-state index is -0.379. The molecule has 1 unspecified atom stereocenters. The largest absolute Gasteiger partial charge is 0.328 e. The summed E-state index contributed by atoms with van der Waals surface area (Å²) in [5, 5.41) is 0. The van der Waals surface area contributed by atoms with E-state index in [1.165, 1.54) is 18.2 Å². The van der Waals surface area contributed by atoms with Gasteiger partial charge in [0, 0.05) is 17.6 Å². The van der Waals surface area contributed by atoms with Crippen LogP contribution in [0.15, 0.2) is 18.2 Å². The Morgan fingerprint density at radius 3 is 2.37 bits per heavy atom. The van der Waals surface area contributed by atoms with Crippen LogP contribution in [-0.4, -0.2) is 25.0 Å². The third kappa shape index (κ3) is 3.31. The first kappa shape index (κ1) is 14.4. The van der Waals surface area contributed by atoms with Crippen LogP contribution in [0.5, 0.6) is 0 Å². The number of hydrogen-bond acceptors (Lipinski definition) is 2. The molecular formula is C15H22F2N2. The zero-order valence-electron chi connectivity index (χ0n) is 11.6. The molecule has 1 aromatic rings. The van der Waals surface area contributed by atoms with Crippen molar-refractivity contribution in [3.8, 4) is 0 Å². The van der Waals surface area contributed by atoms with E-state index in [0.717, 1.165) is 25.7 Å². The van der Waals surface area contributed by atoms with Crippen LogP contribution in [0.3, 0.4) is 0 Å². The Bertz CT molecular complexity index is 426. The number of rotatable bonds is 3. The summed E-state index contributed by atoms with van der Waals surface area (Å²) in [6.45, 7) is 0. The van der Waals surface area contributed by atoms with Gasteiger partial charge >= 0.3 is 0 Å². The Balaban J connectivity index is 2.27. The van der Waals surface area contributed by atoms with Crippen molar-refractivity contribution in [3.63, 3.8) is 0 Å². The highest BCUT2D eigenvalue weighted by Crippen LogP contribution is 2.38. The van der Waals surface area contributed by atoms with Crippen molar-refractivity contribution >= 4 is 0 Å². The van der Waals surface area contributed by atoms with Gasteiger partial charge in [0.2, 0.25) is 0 Å². The number of halogens is 2. The van der Waals surface area contributed by atoms with Crippen LogP contribution >= 0.6 is 0 Å². The van der Waals surface area contributed by atoms with E-state index in [1.54, 1.807) is 0 Å². The van der Waals surface area contributed by atoms with Crippen molar-refractivity contribution in [1.29, 1.82) is 0 Å². The fourth-order valence-electron chi connectivity index (χ4n) is 3.16. The van der Waals surface area contributed by atoms with Gasteiger partial charge in [0.15, 0.2) is 0 Å². The van der Waals surface area contributed by atoms with Crippen LogP contribution in [0.4, 0.5) is 8.78 Å². The van der Waals surface area contributed by atoms with E-state index in [1.807, 2.05) is 19.0 Å². The van der Waals surface area contributed by atoms with Gasteiger partial charge in [-0.3, -0.25) is 0 Å². The third-order valence-corrected chi connectivity index (χ3v) is 4.10. The molecule has 1 aliphatic carbocycles. The summed E-state index contributed by atoms with van der Waals surface area (Å²) >= 11 is 0. The van der Waals surface area contributed by atoms with Crippen LogP contribution in [0.2, 0.25) is 0 Å². The summed E-state index contributed by atoms with van der Waals surface area (Å²) in [5.74, 6) is -0.364. The SMILES string of the molecule is CN(C)C(c1cc(F)ccc1F)C1CCC(N)CC1. The van der Waals surface area contributed by atoms with E-state index in [0.29, 0.717) is 11.5 Å². The van der Waals surface area contributed by atoms with Crippen molar-refractivity contribution < 1.29 is 8.78 Å². The molecule has 1 fully saturated rings. The van der Waals surface area contributed by atoms with Gasteiger partial charge < -0.3 is 10.6 Å². The molecule has 0 saturated heterocycles. The van der Waals surface area contributed by atoms with Crippen molar-refractivity contribution in [2.24, 2.45) is 11.7 Å². The van der Waals surface area contributed by atoms with Gasteiger partial charge in [0.25, 0.3) is 0 Å². The number of nitrogens with two attached hydrogens (primary N) is 1. The zero-order valence-corrected chi connectivity index (χ0v) is 11.6. The number of nitrogens with zero attached hydrogens (tertiary/aromatic N) is 1. The lowest BCUT2D eigenvalue weighted by Crippen LogP contribution is -2.34. The van der Waals surface area contributed by atoms with Gasteiger partial charge in [0.05, 0.1) is 0 Å². The van der Waals surface area contributed by atoms with Crippen LogP contribution in [0, 0.1) is 17.6 Å². The fourth-order valence-corrected chi connectivity index (χ4v) is 3.16. The summed E-state index contributed by atoms with van der Waals surface area (Å²) in [7, 11) is 3.84. The molecular weight excluding hydrogens is 246 g/mol. The molecule has 2 nitrogen and oxygen atoms in total. The first-order valence-corrected chi connectivity index (χ1v) is 6.86. The summed E-state index contributed by atoms with van der Waals surface area (Å²) in [4.78, 5) is 1.99. The molecule has 0 aliphatic heterocycles. The second kappa shape index (κ2) is 5.97. The second-order valence-electron chi connectivity index (χ2n) is 5.75. The molecule has 1 aromatic carbocycles. The average molecular weight is 268 g/mol. The molecule has 0 aromatic heterocycles. The summed E-state index contributed by atoms with van der Waals surface area (Å²) in [5.41, 5.74) is 6.38. The lowest BCUT2D eigenvalue weighted by Gasteiger charge is -2.36. The highest BCUT2D eigenvalue weighted by atomic mass is 19.1. The molecule has 1 atom stereocenters. The van der Waals surface area contributed by atoms with Gasteiger partial charge in [0.1, 0.15) is 11.6 Å². The first-order valence-electron chi connectivity index (χ1n) is 6.86. The maximum absolute atomic E-state index is 14.0. The van der Waals surface area contributed by atoms with Gasteiger partial charge in [-0.1, -0.05) is 0 Å². The van der Waals surface area contributed by atoms with E-state index in [2.05, 4.69) is 0 Å². The molecule has 0 bridgehead atoms. The smallest absolute Gasteiger partial charge is 0.128 e. The third-order valence-electron chi connectivity index (χ3n) is 4.10. The molecule has 106 valence electrons. The summed E-state index contributed by atoms with van der Waals surface area (Å²) in [6, 6.07) is 3.90. The van der Waals surface area contributed by atoms with E-state index in [4.69, 9.17) is 5.73 Å². The topological polar surface area (TPSA) is 29.3 Å².